The van der Waals surface area contributed by atoms with Crippen LogP contribution in [-0.4, -0.2) is 56.6 Å². The molecule has 2 unspecified atom stereocenters. The second-order valence-corrected chi connectivity index (χ2v) is 7.87. The second-order valence-electron chi connectivity index (χ2n) is 7.87. The third-order valence-corrected chi connectivity index (χ3v) is 5.65. The Hall–Kier alpha value is -2.23. The van der Waals surface area contributed by atoms with E-state index >= 15 is 0 Å². The number of nitrogens with zero attached hydrogens (tertiary/aromatic N) is 1. The average molecular weight is 386 g/mol. The molecule has 3 aliphatic heterocycles. The van der Waals surface area contributed by atoms with Crippen molar-refractivity contribution in [1.82, 2.24) is 4.90 Å². The zero-order valence-electron chi connectivity index (χ0n) is 16.8. The number of carbonyl (C=O) groups excluding carboxylic acids is 1. The summed E-state index contributed by atoms with van der Waals surface area (Å²) >= 11 is 0. The van der Waals surface area contributed by atoms with Crippen LogP contribution in [-0.2, 0) is 9.47 Å². The predicted octanol–water partition coefficient (Wildman–Crippen LogP) is 2.65. The Bertz CT molecular complexity index is 716. The molecule has 1 aromatic carbocycles. The van der Waals surface area contributed by atoms with Gasteiger partial charge in [0.2, 0.25) is 0 Å². The molecule has 4 rings (SSSR count). The van der Waals surface area contributed by atoms with Gasteiger partial charge in [-0.25, -0.2) is 4.79 Å². The van der Waals surface area contributed by atoms with E-state index < -0.39 is 11.7 Å². The number of hydrogen-bond acceptors (Lipinski definition) is 5. The van der Waals surface area contributed by atoms with Gasteiger partial charge in [-0.2, -0.15) is 0 Å². The molecule has 3 fully saturated rings. The lowest BCUT2D eigenvalue weighted by atomic mass is 9.74. The zero-order valence-corrected chi connectivity index (χ0v) is 16.8. The average Bonchev–Trinajstić information content (AvgIpc) is 2.68. The summed E-state index contributed by atoms with van der Waals surface area (Å²) in [4.78, 5) is 14.0. The second kappa shape index (κ2) is 9.31. The lowest BCUT2D eigenvalue weighted by Crippen LogP contribution is -2.50. The summed E-state index contributed by atoms with van der Waals surface area (Å²) < 4.78 is 16.0. The number of carbonyl (C=O) groups is 1. The molecule has 2 N–H and O–H groups in total. The van der Waals surface area contributed by atoms with E-state index in [1.807, 2.05) is 31.2 Å². The molecule has 0 radical (unpaired) electrons. The van der Waals surface area contributed by atoms with E-state index in [4.69, 9.17) is 19.9 Å². The maximum atomic E-state index is 11.5. The van der Waals surface area contributed by atoms with Crippen LogP contribution in [0.4, 0.5) is 4.79 Å². The largest absolute Gasteiger partial charge is 0.491 e. The van der Waals surface area contributed by atoms with Crippen molar-refractivity contribution in [2.45, 2.75) is 31.8 Å². The van der Waals surface area contributed by atoms with Gasteiger partial charge in [0.25, 0.3) is 0 Å². The highest BCUT2D eigenvalue weighted by Crippen LogP contribution is 2.37. The van der Waals surface area contributed by atoms with Gasteiger partial charge in [0.1, 0.15) is 12.4 Å². The van der Waals surface area contributed by atoms with Crippen molar-refractivity contribution in [1.29, 1.82) is 0 Å². The van der Waals surface area contributed by atoms with Gasteiger partial charge < -0.3 is 24.8 Å². The summed E-state index contributed by atoms with van der Waals surface area (Å²) in [5, 5.41) is 0. The smallest absolute Gasteiger partial charge is 0.406 e. The molecule has 2 atom stereocenters. The number of methoxy groups -OCH3 is 1. The highest BCUT2D eigenvalue weighted by molar-refractivity contribution is 5.65. The van der Waals surface area contributed by atoms with Crippen LogP contribution < -0.4 is 10.5 Å². The van der Waals surface area contributed by atoms with Gasteiger partial charge in [0.05, 0.1) is 6.61 Å². The van der Waals surface area contributed by atoms with E-state index in [-0.39, 0.29) is 0 Å². The minimum atomic E-state index is -0.886. The Morgan fingerprint density at radius 3 is 2.54 bits per heavy atom. The molecular weight excluding hydrogens is 356 g/mol. The highest BCUT2D eigenvalue weighted by Gasteiger charge is 2.39. The van der Waals surface area contributed by atoms with Crippen molar-refractivity contribution < 1.29 is 19.0 Å². The van der Waals surface area contributed by atoms with E-state index in [0.29, 0.717) is 31.5 Å². The third kappa shape index (κ3) is 5.63. The molecule has 0 spiro atoms. The van der Waals surface area contributed by atoms with E-state index in [1.165, 1.54) is 25.9 Å². The first-order valence-electron chi connectivity index (χ1n) is 9.93. The Balaban J connectivity index is 1.67. The number of fused-ring (bicyclic) bond motifs is 3. The van der Waals surface area contributed by atoms with Crippen LogP contribution in [0.2, 0.25) is 0 Å². The van der Waals surface area contributed by atoms with Gasteiger partial charge >= 0.3 is 6.09 Å². The fraction of sp³-hybridized carbons (Fsp3) is 0.591. The monoisotopic (exact) mass is 386 g/mol. The van der Waals surface area contributed by atoms with E-state index in [1.54, 1.807) is 7.11 Å². The summed E-state index contributed by atoms with van der Waals surface area (Å²) in [6.07, 6.45) is 2.37. The summed E-state index contributed by atoms with van der Waals surface area (Å²) in [6.45, 7) is 6.33. The Labute approximate surface area is 167 Å². The van der Waals surface area contributed by atoms with Crippen molar-refractivity contribution in [3.63, 3.8) is 0 Å². The number of rotatable bonds is 7. The minimum absolute atomic E-state index is 0.484. The molecule has 152 valence electrons. The Kier molecular flexibility index (Phi) is 6.82. The van der Waals surface area contributed by atoms with Gasteiger partial charge in [-0.3, -0.25) is 0 Å². The van der Waals surface area contributed by atoms with Gasteiger partial charge in [0, 0.05) is 25.6 Å². The van der Waals surface area contributed by atoms with Crippen molar-refractivity contribution in [2.24, 2.45) is 17.6 Å². The normalized spacial score (nSPS) is 25.3. The molecule has 0 saturated carbocycles. The number of hydrogen-bond donors (Lipinski definition) is 1. The molecule has 0 aliphatic carbocycles. The number of benzene rings is 1. The number of primary amides is 1. The molecular formula is C22H30N2O4. The Morgan fingerprint density at radius 2 is 1.96 bits per heavy atom. The summed E-state index contributed by atoms with van der Waals surface area (Å²) in [6, 6.07) is 7.54. The zero-order chi connectivity index (χ0) is 20.0. The fourth-order valence-corrected chi connectivity index (χ4v) is 4.24. The van der Waals surface area contributed by atoms with Crippen LogP contribution in [0.25, 0.3) is 0 Å². The summed E-state index contributed by atoms with van der Waals surface area (Å²) in [7, 11) is 1.64. The Morgan fingerprint density at radius 1 is 1.25 bits per heavy atom. The highest BCUT2D eigenvalue weighted by atomic mass is 16.6. The molecule has 3 heterocycles. The lowest BCUT2D eigenvalue weighted by Gasteiger charge is -2.46. The first-order valence-corrected chi connectivity index (χ1v) is 9.93. The van der Waals surface area contributed by atoms with Gasteiger partial charge in [0.15, 0.2) is 5.60 Å². The van der Waals surface area contributed by atoms with E-state index in [0.717, 1.165) is 17.9 Å². The first-order chi connectivity index (χ1) is 13.5. The molecule has 6 nitrogen and oxygen atoms in total. The predicted molar refractivity (Wildman–Crippen MR) is 107 cm³/mol. The summed E-state index contributed by atoms with van der Waals surface area (Å²) in [5.41, 5.74) is 5.29. The minimum Gasteiger partial charge on any atom is -0.491 e. The maximum Gasteiger partial charge on any atom is 0.406 e. The maximum absolute atomic E-state index is 11.5. The molecule has 0 aromatic heterocycles. The van der Waals surface area contributed by atoms with Gasteiger partial charge in [-0.1, -0.05) is 11.8 Å². The SMILES string of the molecule is COCCOc1ccc(C#CC(C)(CC2CN3CCC2CC3)OC(N)=O)cc1. The van der Waals surface area contributed by atoms with E-state index in [9.17, 15) is 4.79 Å². The third-order valence-electron chi connectivity index (χ3n) is 5.65. The molecule has 2 bridgehead atoms. The van der Waals surface area contributed by atoms with Crippen molar-refractivity contribution in [3.05, 3.63) is 29.8 Å². The standard InChI is InChI=1S/C22H30N2O4/c1-22(28-21(23)25,15-19-16-24-11-8-18(19)9-12-24)10-7-17-3-5-20(6-4-17)27-14-13-26-2/h3-6,18-19H,8-9,11-16H2,1-2H3,(H2,23,25). The van der Waals surface area contributed by atoms with Crippen LogP contribution >= 0.6 is 0 Å². The quantitative estimate of drug-likeness (QED) is 0.576. The molecule has 1 amide bonds. The van der Waals surface area contributed by atoms with Crippen molar-refractivity contribution in [2.75, 3.05) is 40.0 Å². The molecule has 28 heavy (non-hydrogen) atoms. The van der Waals surface area contributed by atoms with Crippen molar-refractivity contribution in [3.8, 4) is 17.6 Å². The summed E-state index contributed by atoms with van der Waals surface area (Å²) in [5.74, 6) is 8.25. The fourth-order valence-electron chi connectivity index (χ4n) is 4.24. The number of amides is 1. The van der Waals surface area contributed by atoms with Crippen LogP contribution in [0.15, 0.2) is 24.3 Å². The van der Waals surface area contributed by atoms with Crippen LogP contribution in [0, 0.1) is 23.7 Å². The van der Waals surface area contributed by atoms with Crippen LogP contribution in [0.5, 0.6) is 5.75 Å². The van der Waals surface area contributed by atoms with Gasteiger partial charge in [-0.05, 0) is 69.0 Å². The van der Waals surface area contributed by atoms with Crippen molar-refractivity contribution >= 4 is 6.09 Å². The number of nitrogens with two attached hydrogens (primary N) is 1. The molecule has 3 aliphatic rings. The van der Waals surface area contributed by atoms with Gasteiger partial charge in [-0.15, -0.1) is 0 Å². The lowest BCUT2D eigenvalue weighted by molar-refractivity contribution is -0.00324. The van der Waals surface area contributed by atoms with Crippen LogP contribution in [0.1, 0.15) is 31.7 Å². The van der Waals surface area contributed by atoms with E-state index in [2.05, 4.69) is 16.7 Å². The number of ether oxygens (including phenoxy) is 3. The molecule has 1 aromatic rings. The molecule has 6 heteroatoms. The van der Waals surface area contributed by atoms with Crippen LogP contribution in [0.3, 0.4) is 0 Å². The molecule has 3 saturated heterocycles. The first kappa shape index (κ1) is 20.5. The topological polar surface area (TPSA) is 74.0 Å². The number of piperidine rings is 3.